The fraction of sp³-hybridized carbons (Fsp3) is 0.300. The molecule has 1 aliphatic rings. The van der Waals surface area contributed by atoms with Crippen LogP contribution < -0.4 is 10.0 Å². The minimum absolute atomic E-state index is 0.0175. The lowest BCUT2D eigenvalue weighted by Gasteiger charge is -2.21. The minimum Gasteiger partial charge on any atom is -0.295 e. The van der Waals surface area contributed by atoms with E-state index in [1.165, 1.54) is 6.07 Å². The standard InChI is InChI=1S/C10H10FN3O4S/c11-6-2-1-5-12-10(6)19(17,18)14-7-3-4-8(15)13-9(7)16/h1-2,5,7,14H,3-4H2,(H,13,15,16). The molecule has 1 aromatic rings. The number of hydrogen-bond donors (Lipinski definition) is 2. The molecule has 1 saturated heterocycles. The molecule has 2 heterocycles. The summed E-state index contributed by atoms with van der Waals surface area (Å²) in [4.78, 5) is 25.8. The molecule has 0 spiro atoms. The van der Waals surface area contributed by atoms with Crippen LogP contribution in [0.5, 0.6) is 0 Å². The molecule has 1 fully saturated rings. The average Bonchev–Trinajstić information content (AvgIpc) is 2.33. The van der Waals surface area contributed by atoms with Crippen LogP contribution in [0.25, 0.3) is 0 Å². The number of nitrogens with zero attached hydrogens (tertiary/aromatic N) is 1. The van der Waals surface area contributed by atoms with Crippen molar-refractivity contribution < 1.29 is 22.4 Å². The quantitative estimate of drug-likeness (QED) is 0.715. The molecule has 0 aromatic carbocycles. The Bertz CT molecular complexity index is 631. The number of carbonyl (C=O) groups excluding carboxylic acids is 2. The number of carbonyl (C=O) groups is 2. The summed E-state index contributed by atoms with van der Waals surface area (Å²) in [6, 6.07) is 1.09. The molecule has 9 heteroatoms. The van der Waals surface area contributed by atoms with Gasteiger partial charge in [0.1, 0.15) is 6.04 Å². The zero-order valence-corrected chi connectivity index (χ0v) is 10.4. The summed E-state index contributed by atoms with van der Waals surface area (Å²) in [6.07, 6.45) is 1.17. The highest BCUT2D eigenvalue weighted by Crippen LogP contribution is 2.13. The van der Waals surface area contributed by atoms with Crippen LogP contribution in [0.15, 0.2) is 23.4 Å². The number of imide groups is 1. The Balaban J connectivity index is 2.21. The summed E-state index contributed by atoms with van der Waals surface area (Å²) in [7, 11) is -4.25. The molecule has 0 aliphatic carbocycles. The smallest absolute Gasteiger partial charge is 0.261 e. The number of rotatable bonds is 3. The fourth-order valence-corrected chi connectivity index (χ4v) is 2.85. The molecular formula is C10H10FN3O4S. The third kappa shape index (κ3) is 2.93. The molecular weight excluding hydrogens is 277 g/mol. The van der Waals surface area contributed by atoms with E-state index >= 15 is 0 Å². The highest BCUT2D eigenvalue weighted by atomic mass is 32.2. The molecule has 1 aromatic heterocycles. The van der Waals surface area contributed by atoms with Crippen LogP contribution in [0.4, 0.5) is 4.39 Å². The van der Waals surface area contributed by atoms with Gasteiger partial charge in [-0.3, -0.25) is 14.9 Å². The number of amides is 2. The predicted molar refractivity (Wildman–Crippen MR) is 60.7 cm³/mol. The van der Waals surface area contributed by atoms with Crippen molar-refractivity contribution in [2.75, 3.05) is 0 Å². The Morgan fingerprint density at radius 2 is 2.16 bits per heavy atom. The summed E-state index contributed by atoms with van der Waals surface area (Å²) in [5, 5.41) is 1.22. The fourth-order valence-electron chi connectivity index (χ4n) is 1.62. The number of pyridine rings is 1. The first-order valence-electron chi connectivity index (χ1n) is 5.37. The SMILES string of the molecule is O=C1CCC(NS(=O)(=O)c2ncccc2F)C(=O)N1. The largest absolute Gasteiger partial charge is 0.295 e. The maximum atomic E-state index is 13.4. The van der Waals surface area contributed by atoms with Crippen molar-refractivity contribution in [2.45, 2.75) is 23.9 Å². The molecule has 19 heavy (non-hydrogen) atoms. The number of aromatic nitrogens is 1. The number of sulfonamides is 1. The van der Waals surface area contributed by atoms with Gasteiger partial charge in [-0.1, -0.05) is 0 Å². The molecule has 7 nitrogen and oxygen atoms in total. The lowest BCUT2D eigenvalue weighted by atomic mass is 10.1. The Morgan fingerprint density at radius 1 is 1.42 bits per heavy atom. The third-order valence-corrected chi connectivity index (χ3v) is 3.92. The second-order valence-corrected chi connectivity index (χ2v) is 5.54. The van der Waals surface area contributed by atoms with Gasteiger partial charge in [0, 0.05) is 12.6 Å². The third-order valence-electron chi connectivity index (χ3n) is 2.52. The van der Waals surface area contributed by atoms with Crippen molar-refractivity contribution in [3.8, 4) is 0 Å². The summed E-state index contributed by atoms with van der Waals surface area (Å²) < 4.78 is 39.1. The molecule has 2 amide bonds. The zero-order valence-electron chi connectivity index (χ0n) is 9.59. The van der Waals surface area contributed by atoms with E-state index in [-0.39, 0.29) is 12.8 Å². The normalized spacial score (nSPS) is 20.2. The van der Waals surface area contributed by atoms with Crippen LogP contribution in [0.1, 0.15) is 12.8 Å². The van der Waals surface area contributed by atoms with Crippen molar-refractivity contribution in [3.05, 3.63) is 24.1 Å². The number of hydrogen-bond acceptors (Lipinski definition) is 5. The lowest BCUT2D eigenvalue weighted by Crippen LogP contribution is -2.52. The second kappa shape index (κ2) is 5.02. The van der Waals surface area contributed by atoms with Crippen molar-refractivity contribution in [3.63, 3.8) is 0 Å². The van der Waals surface area contributed by atoms with E-state index in [4.69, 9.17) is 0 Å². The number of nitrogens with one attached hydrogen (secondary N) is 2. The van der Waals surface area contributed by atoms with E-state index < -0.39 is 38.7 Å². The summed E-state index contributed by atoms with van der Waals surface area (Å²) in [6.45, 7) is 0. The molecule has 0 saturated carbocycles. The first kappa shape index (κ1) is 13.6. The van der Waals surface area contributed by atoms with E-state index in [2.05, 4.69) is 4.98 Å². The van der Waals surface area contributed by atoms with Crippen LogP contribution in [0.3, 0.4) is 0 Å². The van der Waals surface area contributed by atoms with Crippen LogP contribution in [0, 0.1) is 5.82 Å². The van der Waals surface area contributed by atoms with Crippen LogP contribution in [-0.2, 0) is 19.6 Å². The van der Waals surface area contributed by atoms with E-state index in [0.29, 0.717) is 0 Å². The van der Waals surface area contributed by atoms with Crippen LogP contribution in [-0.4, -0.2) is 31.3 Å². The average molecular weight is 287 g/mol. The Morgan fingerprint density at radius 3 is 2.79 bits per heavy atom. The molecule has 0 radical (unpaired) electrons. The van der Waals surface area contributed by atoms with Gasteiger partial charge in [-0.05, 0) is 18.6 Å². The van der Waals surface area contributed by atoms with Crippen LogP contribution >= 0.6 is 0 Å². The van der Waals surface area contributed by atoms with Gasteiger partial charge in [0.25, 0.3) is 10.0 Å². The second-order valence-electron chi connectivity index (χ2n) is 3.92. The van der Waals surface area contributed by atoms with Gasteiger partial charge < -0.3 is 0 Å². The zero-order chi connectivity index (χ0) is 14.0. The Hall–Kier alpha value is -1.87. The van der Waals surface area contributed by atoms with Crippen molar-refractivity contribution in [2.24, 2.45) is 0 Å². The van der Waals surface area contributed by atoms with E-state index in [0.717, 1.165) is 12.3 Å². The van der Waals surface area contributed by atoms with Gasteiger partial charge in [-0.2, -0.15) is 4.72 Å². The summed E-state index contributed by atoms with van der Waals surface area (Å²) in [5.41, 5.74) is 0. The van der Waals surface area contributed by atoms with Gasteiger partial charge >= 0.3 is 0 Å². The van der Waals surface area contributed by atoms with Gasteiger partial charge in [-0.15, -0.1) is 0 Å². The number of halogens is 1. The van der Waals surface area contributed by atoms with E-state index in [9.17, 15) is 22.4 Å². The van der Waals surface area contributed by atoms with Crippen LogP contribution in [0.2, 0.25) is 0 Å². The highest BCUT2D eigenvalue weighted by molar-refractivity contribution is 7.89. The summed E-state index contributed by atoms with van der Waals surface area (Å²) >= 11 is 0. The molecule has 1 aliphatic heterocycles. The predicted octanol–water partition coefficient (Wildman–Crippen LogP) is -0.696. The van der Waals surface area contributed by atoms with Crippen molar-refractivity contribution in [1.29, 1.82) is 0 Å². The van der Waals surface area contributed by atoms with Gasteiger partial charge in [0.15, 0.2) is 5.82 Å². The van der Waals surface area contributed by atoms with Crippen molar-refractivity contribution >= 4 is 21.8 Å². The van der Waals surface area contributed by atoms with E-state index in [1.54, 1.807) is 0 Å². The summed E-state index contributed by atoms with van der Waals surface area (Å²) in [5.74, 6) is -2.23. The first-order valence-corrected chi connectivity index (χ1v) is 6.85. The number of piperidine rings is 1. The highest BCUT2D eigenvalue weighted by Gasteiger charge is 2.32. The monoisotopic (exact) mass is 287 g/mol. The van der Waals surface area contributed by atoms with Gasteiger partial charge in [0.2, 0.25) is 16.8 Å². The van der Waals surface area contributed by atoms with E-state index in [1.807, 2.05) is 10.0 Å². The topological polar surface area (TPSA) is 105 Å². The Kier molecular flexibility index (Phi) is 3.58. The first-order chi connectivity index (χ1) is 8.90. The molecule has 102 valence electrons. The molecule has 2 N–H and O–H groups in total. The minimum atomic E-state index is -4.25. The Labute approximate surface area is 108 Å². The maximum absolute atomic E-state index is 13.4. The van der Waals surface area contributed by atoms with Gasteiger partial charge in [-0.25, -0.2) is 17.8 Å². The molecule has 0 bridgehead atoms. The molecule has 2 rings (SSSR count). The lowest BCUT2D eigenvalue weighted by molar-refractivity contribution is -0.134. The molecule has 1 unspecified atom stereocenters. The van der Waals surface area contributed by atoms with Crippen molar-refractivity contribution in [1.82, 2.24) is 15.0 Å². The maximum Gasteiger partial charge on any atom is 0.261 e. The van der Waals surface area contributed by atoms with Gasteiger partial charge in [0.05, 0.1) is 0 Å². The molecule has 1 atom stereocenters.